The van der Waals surface area contributed by atoms with Crippen molar-refractivity contribution in [3.05, 3.63) is 22.8 Å². The molecule has 0 saturated carbocycles. The predicted octanol–water partition coefficient (Wildman–Crippen LogP) is 1.89. The average molecular weight is 397 g/mol. The van der Waals surface area contributed by atoms with Crippen LogP contribution < -0.4 is 10.4 Å². The Morgan fingerprint density at radius 1 is 1.54 bits per heavy atom. The van der Waals surface area contributed by atoms with Crippen LogP contribution in [0.15, 0.2) is 27.8 Å². The smallest absolute Gasteiger partial charge is 0.261 e. The molecule has 0 aliphatic carbocycles. The lowest BCUT2D eigenvalue weighted by Crippen LogP contribution is -2.60. The number of rotatable bonds is 2. The molecule has 0 bridgehead atoms. The van der Waals surface area contributed by atoms with E-state index >= 15 is 0 Å². The zero-order valence-corrected chi connectivity index (χ0v) is 15.5. The number of quaternary nitrogens is 1. The van der Waals surface area contributed by atoms with Gasteiger partial charge in [0, 0.05) is 36.1 Å². The summed E-state index contributed by atoms with van der Waals surface area (Å²) in [4.78, 5) is 22.5. The Balaban J connectivity index is 1.89. The quantitative estimate of drug-likeness (QED) is 0.746. The third-order valence-electron chi connectivity index (χ3n) is 5.21. The molecular weight excluding hydrogens is 374 g/mol. The molecule has 1 amide bonds. The molecule has 1 fully saturated rings. The number of aromatic nitrogens is 1. The van der Waals surface area contributed by atoms with E-state index in [1.165, 1.54) is 4.90 Å². The fraction of sp³-hybridized carbons (Fsp3) is 0.562. The van der Waals surface area contributed by atoms with Gasteiger partial charge in [0.15, 0.2) is 5.96 Å². The van der Waals surface area contributed by atoms with Crippen LogP contribution in [0.3, 0.4) is 0 Å². The number of aliphatic imine (C=N–C) groups is 1. The number of pyridine rings is 1. The monoisotopic (exact) mass is 396 g/mol. The number of halogens is 1. The lowest BCUT2D eigenvalue weighted by Gasteiger charge is -2.44. The minimum Gasteiger partial charge on any atom is -0.369 e. The predicted molar refractivity (Wildman–Crippen MR) is 95.4 cm³/mol. The first-order chi connectivity index (χ1) is 11.2. The molecule has 1 aromatic rings. The Bertz CT molecular complexity index is 697. The summed E-state index contributed by atoms with van der Waals surface area (Å²) in [5.74, 6) is 0.866. The van der Waals surface area contributed by atoms with Crippen molar-refractivity contribution in [2.45, 2.75) is 31.7 Å². The molecule has 24 heavy (non-hydrogen) atoms. The van der Waals surface area contributed by atoms with Crippen molar-refractivity contribution in [3.63, 3.8) is 0 Å². The molecule has 3 atom stereocenters. The zero-order valence-electron chi connectivity index (χ0n) is 13.9. The second-order valence-corrected chi connectivity index (χ2v) is 7.87. The van der Waals surface area contributed by atoms with Crippen LogP contribution in [-0.2, 0) is 4.79 Å². The van der Waals surface area contributed by atoms with Crippen LogP contribution in [-0.4, -0.2) is 52.6 Å². The molecule has 3 N–H and O–H groups in total. The van der Waals surface area contributed by atoms with Crippen molar-refractivity contribution in [2.75, 3.05) is 20.1 Å². The summed E-state index contributed by atoms with van der Waals surface area (Å²) in [6, 6.07) is 3.67. The third kappa shape index (κ3) is 3.05. The van der Waals surface area contributed by atoms with Crippen LogP contribution in [0.5, 0.6) is 0 Å². The highest BCUT2D eigenvalue weighted by atomic mass is 79.9. The summed E-state index contributed by atoms with van der Waals surface area (Å²) in [6.45, 7) is 3.02. The fourth-order valence-corrected chi connectivity index (χ4v) is 3.97. The van der Waals surface area contributed by atoms with E-state index < -0.39 is 5.54 Å². The first-order valence-electron chi connectivity index (χ1n) is 8.07. The summed E-state index contributed by atoms with van der Waals surface area (Å²) < 4.78 is 0.642. The van der Waals surface area contributed by atoms with E-state index in [4.69, 9.17) is 5.73 Å². The van der Waals surface area contributed by atoms with Gasteiger partial charge in [-0.15, -0.1) is 4.65 Å². The highest BCUT2D eigenvalue weighted by Crippen LogP contribution is 2.39. The van der Waals surface area contributed by atoms with Crippen LogP contribution in [0.25, 0.3) is 0 Å². The highest BCUT2D eigenvalue weighted by molar-refractivity contribution is 9.10. The molecule has 130 valence electrons. The standard InChI is InChI=1S/C16H23BrN5O2/c1-16(9-14(23)21(2)15(18)20-16)11-4-3-7-22(24,10-11)13-8-12(17)5-6-19-13/h5-6,8,11,24H,3-4,7,9-10H2,1-2H3,(H2,18,20)/q+1/t11?,16-,22?/m0/s1. The number of carbonyl (C=O) groups is 1. The first kappa shape index (κ1) is 17.3. The van der Waals surface area contributed by atoms with E-state index in [0.717, 1.165) is 17.3 Å². The second-order valence-electron chi connectivity index (χ2n) is 6.96. The number of piperidine rings is 1. The van der Waals surface area contributed by atoms with Gasteiger partial charge in [0.25, 0.3) is 5.82 Å². The SMILES string of the molecule is CN1C(=O)C[C@@](C)(C2CCC[N+](O)(c3cc(Br)ccn3)C2)N=C1N. The van der Waals surface area contributed by atoms with E-state index in [9.17, 15) is 10.0 Å². The van der Waals surface area contributed by atoms with Crippen LogP contribution in [0.4, 0.5) is 5.82 Å². The molecule has 0 aromatic carbocycles. The van der Waals surface area contributed by atoms with Crippen LogP contribution in [0, 0.1) is 5.92 Å². The number of nitrogens with two attached hydrogens (primary N) is 1. The normalized spacial score (nSPS) is 34.2. The van der Waals surface area contributed by atoms with Crippen molar-refractivity contribution in [1.82, 2.24) is 14.5 Å². The van der Waals surface area contributed by atoms with Gasteiger partial charge in [0.1, 0.15) is 13.1 Å². The molecule has 1 saturated heterocycles. The Morgan fingerprint density at radius 2 is 2.29 bits per heavy atom. The number of nitrogens with zero attached hydrogens (tertiary/aromatic N) is 4. The largest absolute Gasteiger partial charge is 0.369 e. The molecule has 2 aliphatic rings. The van der Waals surface area contributed by atoms with Crippen LogP contribution in [0.2, 0.25) is 0 Å². The molecule has 3 rings (SSSR count). The second kappa shape index (κ2) is 6.09. The minimum absolute atomic E-state index is 0.0350. The maximum Gasteiger partial charge on any atom is 0.261 e. The van der Waals surface area contributed by atoms with Gasteiger partial charge in [-0.2, -0.15) is 0 Å². The Labute approximate surface area is 149 Å². The van der Waals surface area contributed by atoms with Gasteiger partial charge in [-0.3, -0.25) is 9.69 Å². The number of guanidine groups is 1. The molecule has 2 unspecified atom stereocenters. The van der Waals surface area contributed by atoms with E-state index in [1.54, 1.807) is 13.2 Å². The van der Waals surface area contributed by atoms with Gasteiger partial charge in [0.2, 0.25) is 5.91 Å². The van der Waals surface area contributed by atoms with Gasteiger partial charge in [-0.25, -0.2) is 15.2 Å². The van der Waals surface area contributed by atoms with E-state index in [0.29, 0.717) is 25.3 Å². The van der Waals surface area contributed by atoms with Crippen molar-refractivity contribution < 1.29 is 10.0 Å². The van der Waals surface area contributed by atoms with Gasteiger partial charge in [-0.05, 0) is 19.4 Å². The number of amides is 1. The van der Waals surface area contributed by atoms with Gasteiger partial charge in [0.05, 0.1) is 12.0 Å². The molecule has 8 heteroatoms. The molecular formula is C16H23BrN5O2+. The number of hydrogen-bond donors (Lipinski definition) is 2. The fourth-order valence-electron chi connectivity index (χ4n) is 3.65. The molecule has 0 radical (unpaired) electrons. The van der Waals surface area contributed by atoms with E-state index in [-0.39, 0.29) is 22.4 Å². The lowest BCUT2D eigenvalue weighted by atomic mass is 9.77. The number of hydroxylamine groups is 2. The van der Waals surface area contributed by atoms with Crippen molar-refractivity contribution >= 4 is 33.6 Å². The average Bonchev–Trinajstić information content (AvgIpc) is 2.53. The van der Waals surface area contributed by atoms with Crippen molar-refractivity contribution in [3.8, 4) is 0 Å². The zero-order chi connectivity index (χ0) is 17.5. The maximum absolute atomic E-state index is 12.2. The van der Waals surface area contributed by atoms with E-state index in [2.05, 4.69) is 25.9 Å². The van der Waals surface area contributed by atoms with Gasteiger partial charge in [-0.1, -0.05) is 15.9 Å². The van der Waals surface area contributed by atoms with Crippen molar-refractivity contribution in [1.29, 1.82) is 0 Å². The molecule has 1 aromatic heterocycles. The van der Waals surface area contributed by atoms with Gasteiger partial charge >= 0.3 is 0 Å². The topological polar surface area (TPSA) is 91.8 Å². The molecule has 7 nitrogen and oxygen atoms in total. The third-order valence-corrected chi connectivity index (χ3v) is 5.71. The van der Waals surface area contributed by atoms with Crippen LogP contribution in [0.1, 0.15) is 26.2 Å². The molecule has 3 heterocycles. The van der Waals surface area contributed by atoms with Crippen molar-refractivity contribution in [2.24, 2.45) is 16.6 Å². The molecule has 2 aliphatic heterocycles. The summed E-state index contributed by atoms with van der Waals surface area (Å²) in [5, 5.41) is 11.1. The summed E-state index contributed by atoms with van der Waals surface area (Å²) >= 11 is 3.43. The minimum atomic E-state index is -0.591. The highest BCUT2D eigenvalue weighted by Gasteiger charge is 2.48. The van der Waals surface area contributed by atoms with E-state index in [1.807, 2.05) is 19.1 Å². The molecule has 0 spiro atoms. The summed E-state index contributed by atoms with van der Waals surface area (Å²) in [7, 11) is 1.64. The Hall–Kier alpha value is -1.51. The number of hydrogen-bond acceptors (Lipinski definition) is 5. The number of carbonyl (C=O) groups excluding carboxylic acids is 1. The summed E-state index contributed by atoms with van der Waals surface area (Å²) in [5.41, 5.74) is 5.33. The van der Waals surface area contributed by atoms with Crippen LogP contribution >= 0.6 is 15.9 Å². The van der Waals surface area contributed by atoms with Gasteiger partial charge < -0.3 is 5.73 Å². The first-order valence-corrected chi connectivity index (χ1v) is 8.87. The Kier molecular flexibility index (Phi) is 4.39. The Morgan fingerprint density at radius 3 is 2.96 bits per heavy atom. The lowest BCUT2D eigenvalue weighted by molar-refractivity contribution is -0.134. The summed E-state index contributed by atoms with van der Waals surface area (Å²) in [6.07, 6.45) is 3.72. The maximum atomic E-state index is 12.2.